The number of benzene rings is 2. The largest absolute Gasteiger partial charge is 0.469 e. The second-order valence-corrected chi connectivity index (χ2v) is 7.47. The van der Waals surface area contributed by atoms with Crippen molar-refractivity contribution in [2.75, 3.05) is 0 Å². The third-order valence-electron chi connectivity index (χ3n) is 4.04. The van der Waals surface area contributed by atoms with Gasteiger partial charge in [0, 0.05) is 12.8 Å². The van der Waals surface area contributed by atoms with Crippen LogP contribution in [0.15, 0.2) is 82.3 Å². The van der Waals surface area contributed by atoms with Crippen LogP contribution < -0.4 is 0 Å². The number of para-hydroxylation sites is 2. The molecule has 0 N–H and O–H groups in total. The van der Waals surface area contributed by atoms with E-state index in [1.54, 1.807) is 42.7 Å². The molecular formula is C19H16N2O3S. The van der Waals surface area contributed by atoms with Gasteiger partial charge in [-0.3, -0.25) is 0 Å². The van der Waals surface area contributed by atoms with Gasteiger partial charge in [0.15, 0.2) is 0 Å². The SMILES string of the molecule is O=S(=O)(c1ccccc1)n1c(CCc2ccco2)nc2ccccc21. The van der Waals surface area contributed by atoms with Crippen LogP contribution in [0, 0.1) is 0 Å². The van der Waals surface area contributed by atoms with Gasteiger partial charge >= 0.3 is 0 Å². The van der Waals surface area contributed by atoms with Crippen molar-refractivity contribution in [3.8, 4) is 0 Å². The predicted octanol–water partition coefficient (Wildman–Crippen LogP) is 3.65. The van der Waals surface area contributed by atoms with Crippen LogP contribution in [-0.4, -0.2) is 17.4 Å². The summed E-state index contributed by atoms with van der Waals surface area (Å²) < 4.78 is 33.1. The van der Waals surface area contributed by atoms with E-state index in [1.165, 1.54) is 3.97 Å². The first-order valence-corrected chi connectivity index (χ1v) is 9.39. The van der Waals surface area contributed by atoms with Crippen molar-refractivity contribution < 1.29 is 12.8 Å². The van der Waals surface area contributed by atoms with Crippen molar-refractivity contribution in [1.29, 1.82) is 0 Å². The molecule has 0 amide bonds. The van der Waals surface area contributed by atoms with Crippen LogP contribution >= 0.6 is 0 Å². The Bertz CT molecular complexity index is 1100. The number of fused-ring (bicyclic) bond motifs is 1. The first-order valence-electron chi connectivity index (χ1n) is 7.95. The fourth-order valence-corrected chi connectivity index (χ4v) is 4.40. The van der Waals surface area contributed by atoms with E-state index in [0.29, 0.717) is 29.7 Å². The summed E-state index contributed by atoms with van der Waals surface area (Å²) in [5.74, 6) is 1.30. The molecule has 0 bridgehead atoms. The molecule has 5 nitrogen and oxygen atoms in total. The first-order chi connectivity index (χ1) is 12.2. The van der Waals surface area contributed by atoms with Gasteiger partial charge in [-0.2, -0.15) is 0 Å². The number of imidazole rings is 1. The second-order valence-electron chi connectivity index (χ2n) is 5.68. The fourth-order valence-electron chi connectivity index (χ4n) is 2.87. The standard InChI is InChI=1S/C19H16N2O3S/c22-25(23,16-8-2-1-3-9-16)21-18-11-5-4-10-17(18)20-19(21)13-12-15-7-6-14-24-15/h1-11,14H,12-13H2. The number of furan rings is 1. The van der Waals surface area contributed by atoms with Crippen LogP contribution in [0.2, 0.25) is 0 Å². The van der Waals surface area contributed by atoms with Crippen LogP contribution in [0.5, 0.6) is 0 Å². The van der Waals surface area contributed by atoms with Crippen molar-refractivity contribution in [3.05, 3.63) is 84.6 Å². The zero-order chi connectivity index (χ0) is 17.3. The maximum absolute atomic E-state index is 13.2. The number of hydrogen-bond acceptors (Lipinski definition) is 4. The minimum Gasteiger partial charge on any atom is -0.469 e. The van der Waals surface area contributed by atoms with Gasteiger partial charge in [0.2, 0.25) is 0 Å². The zero-order valence-electron chi connectivity index (χ0n) is 13.4. The molecule has 0 atom stereocenters. The van der Waals surface area contributed by atoms with Gasteiger partial charge < -0.3 is 4.42 Å². The highest BCUT2D eigenvalue weighted by molar-refractivity contribution is 7.90. The Balaban J connectivity index is 1.85. The summed E-state index contributed by atoms with van der Waals surface area (Å²) >= 11 is 0. The summed E-state index contributed by atoms with van der Waals surface area (Å²) in [5.41, 5.74) is 1.25. The van der Waals surface area contributed by atoms with Crippen molar-refractivity contribution in [3.63, 3.8) is 0 Å². The topological polar surface area (TPSA) is 65.1 Å². The molecule has 0 saturated heterocycles. The van der Waals surface area contributed by atoms with Crippen LogP contribution in [-0.2, 0) is 22.9 Å². The maximum Gasteiger partial charge on any atom is 0.269 e. The minimum absolute atomic E-state index is 0.248. The van der Waals surface area contributed by atoms with Crippen LogP contribution in [0.4, 0.5) is 0 Å². The Morgan fingerprint density at radius 3 is 2.40 bits per heavy atom. The highest BCUT2D eigenvalue weighted by Crippen LogP contribution is 2.24. The van der Waals surface area contributed by atoms with Gasteiger partial charge in [-0.1, -0.05) is 30.3 Å². The van der Waals surface area contributed by atoms with Crippen molar-refractivity contribution in [2.24, 2.45) is 0 Å². The van der Waals surface area contributed by atoms with Crippen molar-refractivity contribution in [1.82, 2.24) is 8.96 Å². The van der Waals surface area contributed by atoms with E-state index in [0.717, 1.165) is 5.76 Å². The smallest absolute Gasteiger partial charge is 0.269 e. The molecule has 0 spiro atoms. The molecule has 0 aliphatic heterocycles. The molecule has 0 aliphatic rings. The summed E-state index contributed by atoms with van der Waals surface area (Å²) in [7, 11) is -3.72. The molecule has 2 aromatic carbocycles. The van der Waals surface area contributed by atoms with E-state index in [2.05, 4.69) is 4.98 Å². The molecular weight excluding hydrogens is 336 g/mol. The normalized spacial score (nSPS) is 11.8. The van der Waals surface area contributed by atoms with E-state index in [1.807, 2.05) is 30.3 Å². The van der Waals surface area contributed by atoms with Gasteiger partial charge in [0.25, 0.3) is 10.0 Å². The molecule has 2 aromatic heterocycles. The Kier molecular flexibility index (Phi) is 3.89. The highest BCUT2D eigenvalue weighted by Gasteiger charge is 2.23. The maximum atomic E-state index is 13.2. The Morgan fingerprint density at radius 2 is 1.64 bits per heavy atom. The molecule has 126 valence electrons. The molecule has 4 rings (SSSR count). The van der Waals surface area contributed by atoms with Crippen molar-refractivity contribution in [2.45, 2.75) is 17.7 Å². The average Bonchev–Trinajstić information content (AvgIpc) is 3.28. The first kappa shape index (κ1) is 15.7. The van der Waals surface area contributed by atoms with E-state index >= 15 is 0 Å². The lowest BCUT2D eigenvalue weighted by Crippen LogP contribution is -2.16. The minimum atomic E-state index is -3.72. The van der Waals surface area contributed by atoms with Gasteiger partial charge in [-0.15, -0.1) is 0 Å². The van der Waals surface area contributed by atoms with Crippen molar-refractivity contribution >= 4 is 21.1 Å². The number of aromatic nitrogens is 2. The molecule has 0 fully saturated rings. The van der Waals surface area contributed by atoms with Crippen LogP contribution in [0.25, 0.3) is 11.0 Å². The van der Waals surface area contributed by atoms with E-state index in [9.17, 15) is 8.42 Å². The molecule has 0 saturated carbocycles. The summed E-state index contributed by atoms with van der Waals surface area (Å²) in [5, 5.41) is 0. The quantitative estimate of drug-likeness (QED) is 0.550. The number of rotatable bonds is 5. The lowest BCUT2D eigenvalue weighted by atomic mass is 10.2. The molecule has 4 aromatic rings. The van der Waals surface area contributed by atoms with Gasteiger partial charge in [0.1, 0.15) is 11.6 Å². The zero-order valence-corrected chi connectivity index (χ0v) is 14.2. The summed E-state index contributed by atoms with van der Waals surface area (Å²) in [6.45, 7) is 0. The second kappa shape index (κ2) is 6.22. The van der Waals surface area contributed by atoms with E-state index in [4.69, 9.17) is 4.42 Å². The monoisotopic (exact) mass is 352 g/mol. The number of hydrogen-bond donors (Lipinski definition) is 0. The molecule has 0 aliphatic carbocycles. The lowest BCUT2D eigenvalue weighted by Gasteiger charge is -2.10. The Hall–Kier alpha value is -2.86. The lowest BCUT2D eigenvalue weighted by molar-refractivity contribution is 0.505. The molecule has 25 heavy (non-hydrogen) atoms. The average molecular weight is 352 g/mol. The molecule has 6 heteroatoms. The van der Waals surface area contributed by atoms with Gasteiger partial charge in [-0.05, 0) is 36.4 Å². The number of nitrogens with zero attached hydrogens (tertiary/aromatic N) is 2. The summed E-state index contributed by atoms with van der Waals surface area (Å²) in [6.07, 6.45) is 2.66. The third kappa shape index (κ3) is 2.85. The highest BCUT2D eigenvalue weighted by atomic mass is 32.2. The van der Waals surface area contributed by atoms with Gasteiger partial charge in [-0.25, -0.2) is 17.4 Å². The molecule has 0 radical (unpaired) electrons. The Morgan fingerprint density at radius 1 is 0.880 bits per heavy atom. The predicted molar refractivity (Wildman–Crippen MR) is 94.9 cm³/mol. The molecule has 2 heterocycles. The Labute approximate surface area is 145 Å². The molecule has 0 unspecified atom stereocenters. The van der Waals surface area contributed by atoms with E-state index < -0.39 is 10.0 Å². The van der Waals surface area contributed by atoms with Crippen LogP contribution in [0.3, 0.4) is 0 Å². The summed E-state index contributed by atoms with van der Waals surface area (Å²) in [4.78, 5) is 4.79. The summed E-state index contributed by atoms with van der Waals surface area (Å²) in [6, 6.07) is 19.4. The van der Waals surface area contributed by atoms with E-state index in [-0.39, 0.29) is 4.90 Å². The third-order valence-corrected chi connectivity index (χ3v) is 5.80. The van der Waals surface area contributed by atoms with Crippen LogP contribution in [0.1, 0.15) is 11.6 Å². The fraction of sp³-hybridized carbons (Fsp3) is 0.105. The van der Waals surface area contributed by atoms with Gasteiger partial charge in [0.05, 0.1) is 22.2 Å². The number of aryl methyl sites for hydroxylation is 2.